The summed E-state index contributed by atoms with van der Waals surface area (Å²) in [6, 6.07) is 1.71. The summed E-state index contributed by atoms with van der Waals surface area (Å²) in [5, 5.41) is 0.599. The van der Waals surface area contributed by atoms with E-state index in [0.717, 1.165) is 5.75 Å². The van der Waals surface area contributed by atoms with Gasteiger partial charge in [0.1, 0.15) is 10.9 Å². The first kappa shape index (κ1) is 5.51. The van der Waals surface area contributed by atoms with Crippen LogP contribution >= 0.6 is 11.6 Å². The van der Waals surface area contributed by atoms with Gasteiger partial charge in [-0.15, -0.1) is 0 Å². The Balaban J connectivity index is 2.84. The fourth-order valence-corrected chi connectivity index (χ4v) is 0.628. The number of aromatic amines is 1. The quantitative estimate of drug-likeness (QED) is 0.616. The van der Waals surface area contributed by atoms with Gasteiger partial charge in [-0.1, -0.05) is 11.6 Å². The number of ether oxygens (including phenoxy) is 1. The van der Waals surface area contributed by atoms with E-state index in [1.165, 1.54) is 0 Å². The van der Waals surface area contributed by atoms with Crippen LogP contribution in [0.4, 0.5) is 0 Å². The lowest BCUT2D eigenvalue weighted by Crippen LogP contribution is -1.75. The fourth-order valence-electron chi connectivity index (χ4n) is 0.466. The van der Waals surface area contributed by atoms with E-state index < -0.39 is 0 Å². The molecule has 3 heteroatoms. The highest BCUT2D eigenvalue weighted by Crippen LogP contribution is 2.14. The van der Waals surface area contributed by atoms with E-state index in [1.54, 1.807) is 19.4 Å². The second kappa shape index (κ2) is 2.09. The smallest absolute Gasteiger partial charge is 0.137 e. The molecule has 8 heavy (non-hydrogen) atoms. The SMILES string of the molecule is COc1c[nH]c(Cl)c1. The third-order valence-corrected chi connectivity index (χ3v) is 1.08. The van der Waals surface area contributed by atoms with Gasteiger partial charge < -0.3 is 9.72 Å². The maximum atomic E-state index is 5.50. The molecule has 1 N–H and O–H groups in total. The molecule has 1 aromatic heterocycles. The van der Waals surface area contributed by atoms with Crippen LogP contribution in [-0.2, 0) is 0 Å². The zero-order valence-electron chi connectivity index (χ0n) is 4.44. The first-order valence-corrected chi connectivity index (χ1v) is 2.58. The Bertz CT molecular complexity index is 173. The molecular weight excluding hydrogens is 126 g/mol. The predicted molar refractivity (Wildman–Crippen MR) is 32.4 cm³/mol. The molecule has 0 aliphatic carbocycles. The molecule has 0 aliphatic rings. The first-order chi connectivity index (χ1) is 3.83. The number of hydrogen-bond acceptors (Lipinski definition) is 1. The monoisotopic (exact) mass is 131 g/mol. The second-order valence-electron chi connectivity index (χ2n) is 1.39. The number of methoxy groups -OCH3 is 1. The topological polar surface area (TPSA) is 25.0 Å². The molecule has 0 amide bonds. The van der Waals surface area contributed by atoms with Crippen LogP contribution in [0.15, 0.2) is 12.3 Å². The Morgan fingerprint density at radius 2 is 2.50 bits per heavy atom. The largest absolute Gasteiger partial charge is 0.495 e. The molecule has 0 unspecified atom stereocenters. The molecule has 0 atom stereocenters. The van der Waals surface area contributed by atoms with Crippen molar-refractivity contribution in [1.29, 1.82) is 0 Å². The van der Waals surface area contributed by atoms with Crippen LogP contribution in [0.3, 0.4) is 0 Å². The molecule has 1 rings (SSSR count). The standard InChI is InChI=1S/C5H6ClNO/c1-8-4-2-5(6)7-3-4/h2-3,7H,1H3. The molecule has 0 fully saturated rings. The summed E-state index contributed by atoms with van der Waals surface area (Å²) in [6.07, 6.45) is 1.70. The van der Waals surface area contributed by atoms with Crippen molar-refractivity contribution in [1.82, 2.24) is 4.98 Å². The molecule has 1 heterocycles. The minimum Gasteiger partial charge on any atom is -0.495 e. The Morgan fingerprint density at radius 3 is 2.75 bits per heavy atom. The van der Waals surface area contributed by atoms with Crippen molar-refractivity contribution in [2.75, 3.05) is 7.11 Å². The fraction of sp³-hybridized carbons (Fsp3) is 0.200. The minimum atomic E-state index is 0.599. The average Bonchev–Trinajstić information content (AvgIpc) is 2.14. The number of hydrogen-bond donors (Lipinski definition) is 1. The Kier molecular flexibility index (Phi) is 1.44. The zero-order chi connectivity index (χ0) is 5.98. The Morgan fingerprint density at radius 1 is 1.75 bits per heavy atom. The molecule has 0 radical (unpaired) electrons. The van der Waals surface area contributed by atoms with Gasteiger partial charge in [-0.2, -0.15) is 0 Å². The molecule has 0 spiro atoms. The van der Waals surface area contributed by atoms with Crippen molar-refractivity contribution in [3.8, 4) is 5.75 Å². The van der Waals surface area contributed by atoms with Crippen molar-refractivity contribution in [2.45, 2.75) is 0 Å². The molecule has 0 aliphatic heterocycles. The first-order valence-electron chi connectivity index (χ1n) is 2.21. The van der Waals surface area contributed by atoms with Gasteiger partial charge in [-0.25, -0.2) is 0 Å². The van der Waals surface area contributed by atoms with Crippen molar-refractivity contribution < 1.29 is 4.74 Å². The molecule has 0 saturated heterocycles. The van der Waals surface area contributed by atoms with Crippen LogP contribution in [-0.4, -0.2) is 12.1 Å². The highest BCUT2D eigenvalue weighted by atomic mass is 35.5. The van der Waals surface area contributed by atoms with Gasteiger partial charge in [0.25, 0.3) is 0 Å². The summed E-state index contributed by atoms with van der Waals surface area (Å²) in [7, 11) is 1.60. The van der Waals surface area contributed by atoms with E-state index in [0.29, 0.717) is 5.15 Å². The normalized spacial score (nSPS) is 9.25. The van der Waals surface area contributed by atoms with E-state index in [-0.39, 0.29) is 0 Å². The molecule has 0 saturated carbocycles. The molecular formula is C5H6ClNO. The summed E-state index contributed by atoms with van der Waals surface area (Å²) in [5.41, 5.74) is 0. The number of rotatable bonds is 1. The summed E-state index contributed by atoms with van der Waals surface area (Å²) < 4.78 is 4.82. The third kappa shape index (κ3) is 0.954. The van der Waals surface area contributed by atoms with Gasteiger partial charge in [-0.05, 0) is 0 Å². The Hall–Kier alpha value is -0.630. The van der Waals surface area contributed by atoms with Crippen LogP contribution in [0.2, 0.25) is 5.15 Å². The van der Waals surface area contributed by atoms with Gasteiger partial charge in [0.2, 0.25) is 0 Å². The minimum absolute atomic E-state index is 0.599. The predicted octanol–water partition coefficient (Wildman–Crippen LogP) is 1.68. The second-order valence-corrected chi connectivity index (χ2v) is 1.79. The van der Waals surface area contributed by atoms with E-state index >= 15 is 0 Å². The maximum Gasteiger partial charge on any atom is 0.137 e. The number of aromatic nitrogens is 1. The average molecular weight is 132 g/mol. The lowest BCUT2D eigenvalue weighted by molar-refractivity contribution is 0.415. The number of halogens is 1. The van der Waals surface area contributed by atoms with Crippen LogP contribution in [0, 0.1) is 0 Å². The van der Waals surface area contributed by atoms with Gasteiger partial charge >= 0.3 is 0 Å². The van der Waals surface area contributed by atoms with Crippen LogP contribution in [0.1, 0.15) is 0 Å². The molecule has 0 aromatic carbocycles. The lowest BCUT2D eigenvalue weighted by Gasteiger charge is -1.86. The van der Waals surface area contributed by atoms with Crippen molar-refractivity contribution in [3.63, 3.8) is 0 Å². The van der Waals surface area contributed by atoms with Gasteiger partial charge in [0.05, 0.1) is 7.11 Å². The van der Waals surface area contributed by atoms with E-state index in [9.17, 15) is 0 Å². The van der Waals surface area contributed by atoms with Crippen molar-refractivity contribution in [2.24, 2.45) is 0 Å². The van der Waals surface area contributed by atoms with Crippen LogP contribution < -0.4 is 4.74 Å². The van der Waals surface area contributed by atoms with E-state index in [4.69, 9.17) is 16.3 Å². The van der Waals surface area contributed by atoms with Crippen LogP contribution in [0.25, 0.3) is 0 Å². The third-order valence-electron chi connectivity index (χ3n) is 0.857. The zero-order valence-corrected chi connectivity index (χ0v) is 5.20. The number of nitrogens with one attached hydrogen (secondary N) is 1. The van der Waals surface area contributed by atoms with Crippen molar-refractivity contribution >= 4 is 11.6 Å². The van der Waals surface area contributed by atoms with Gasteiger partial charge in [0.15, 0.2) is 0 Å². The molecule has 0 bridgehead atoms. The van der Waals surface area contributed by atoms with Crippen LogP contribution in [0.5, 0.6) is 5.75 Å². The van der Waals surface area contributed by atoms with E-state index in [2.05, 4.69) is 4.98 Å². The molecule has 44 valence electrons. The highest BCUT2D eigenvalue weighted by molar-refractivity contribution is 6.29. The Labute approximate surface area is 52.4 Å². The van der Waals surface area contributed by atoms with Gasteiger partial charge in [0, 0.05) is 12.3 Å². The summed E-state index contributed by atoms with van der Waals surface area (Å²) >= 11 is 5.50. The summed E-state index contributed by atoms with van der Waals surface area (Å²) in [6.45, 7) is 0. The lowest BCUT2D eigenvalue weighted by atomic mass is 10.6. The molecule has 1 aromatic rings. The molecule has 2 nitrogen and oxygen atoms in total. The van der Waals surface area contributed by atoms with E-state index in [1.807, 2.05) is 0 Å². The van der Waals surface area contributed by atoms with Crippen molar-refractivity contribution in [3.05, 3.63) is 17.4 Å². The van der Waals surface area contributed by atoms with Gasteiger partial charge in [-0.3, -0.25) is 0 Å². The highest BCUT2D eigenvalue weighted by Gasteiger charge is 1.91. The maximum absolute atomic E-state index is 5.50. The summed E-state index contributed by atoms with van der Waals surface area (Å²) in [5.74, 6) is 0.759. The summed E-state index contributed by atoms with van der Waals surface area (Å²) in [4.78, 5) is 2.76. The number of H-pyrrole nitrogens is 1.